The fourth-order valence-electron chi connectivity index (χ4n) is 2.04. The van der Waals surface area contributed by atoms with Gasteiger partial charge in [0.1, 0.15) is 0 Å². The van der Waals surface area contributed by atoms with Crippen LogP contribution in [-0.4, -0.2) is 31.9 Å². The number of thioether (sulfide) groups is 1. The van der Waals surface area contributed by atoms with E-state index in [9.17, 15) is 0 Å². The number of rotatable bonds is 5. The molecular formula is C13H20N2S. The molecular weight excluding hydrogens is 216 g/mol. The minimum atomic E-state index is 0.686. The molecule has 0 saturated carbocycles. The minimum Gasteiger partial charge on any atom is -0.315 e. The van der Waals surface area contributed by atoms with Gasteiger partial charge in [0, 0.05) is 17.5 Å². The summed E-state index contributed by atoms with van der Waals surface area (Å²) in [7, 11) is 0. The molecule has 1 fully saturated rings. The third-order valence-electron chi connectivity index (χ3n) is 3.07. The summed E-state index contributed by atoms with van der Waals surface area (Å²) >= 11 is 1.80. The zero-order valence-corrected chi connectivity index (χ0v) is 10.6. The lowest BCUT2D eigenvalue weighted by atomic mass is 10.1. The van der Waals surface area contributed by atoms with Crippen molar-refractivity contribution < 1.29 is 0 Å². The van der Waals surface area contributed by atoms with Crippen LogP contribution in [0.2, 0.25) is 0 Å². The molecule has 0 bridgehead atoms. The largest absolute Gasteiger partial charge is 0.315 e. The van der Waals surface area contributed by atoms with Gasteiger partial charge in [-0.3, -0.25) is 0 Å². The Hall–Kier alpha value is -0.510. The molecule has 0 aromatic heterocycles. The molecule has 1 heterocycles. The summed E-state index contributed by atoms with van der Waals surface area (Å²) in [6.45, 7) is 3.39. The molecule has 3 heteroatoms. The van der Waals surface area contributed by atoms with Gasteiger partial charge in [-0.05, 0) is 49.9 Å². The van der Waals surface area contributed by atoms with Crippen LogP contribution in [0.25, 0.3) is 0 Å². The Morgan fingerprint density at radius 1 is 1.38 bits per heavy atom. The van der Waals surface area contributed by atoms with Crippen LogP contribution in [0.5, 0.6) is 0 Å². The van der Waals surface area contributed by atoms with E-state index in [1.54, 1.807) is 11.8 Å². The van der Waals surface area contributed by atoms with Crippen molar-refractivity contribution in [2.24, 2.45) is 0 Å². The van der Waals surface area contributed by atoms with Crippen LogP contribution in [0, 0.1) is 0 Å². The lowest BCUT2D eigenvalue weighted by Gasteiger charge is -2.10. The van der Waals surface area contributed by atoms with E-state index >= 15 is 0 Å². The Morgan fingerprint density at radius 3 is 2.81 bits per heavy atom. The Bertz CT molecular complexity index is 304. The fourth-order valence-corrected chi connectivity index (χ4v) is 2.45. The Labute approximate surface area is 102 Å². The highest BCUT2D eigenvalue weighted by Gasteiger charge is 2.12. The summed E-state index contributed by atoms with van der Waals surface area (Å²) in [6.07, 6.45) is 4.51. The number of hydrogen-bond donors (Lipinski definition) is 2. The molecule has 1 atom stereocenters. The Balaban J connectivity index is 1.71. The molecule has 1 aromatic rings. The predicted octanol–water partition coefficient (Wildman–Crippen LogP) is 1.90. The predicted molar refractivity (Wildman–Crippen MR) is 71.2 cm³/mol. The molecule has 0 spiro atoms. The van der Waals surface area contributed by atoms with Gasteiger partial charge in [0.05, 0.1) is 0 Å². The van der Waals surface area contributed by atoms with Crippen LogP contribution in [0.1, 0.15) is 12.0 Å². The maximum atomic E-state index is 3.59. The third-order valence-corrected chi connectivity index (χ3v) is 3.81. The van der Waals surface area contributed by atoms with Crippen molar-refractivity contribution in [2.75, 3.05) is 25.9 Å². The second kappa shape index (κ2) is 6.28. The van der Waals surface area contributed by atoms with E-state index in [2.05, 4.69) is 41.2 Å². The highest BCUT2D eigenvalue weighted by molar-refractivity contribution is 7.98. The minimum absolute atomic E-state index is 0.686. The highest BCUT2D eigenvalue weighted by Crippen LogP contribution is 2.14. The molecule has 1 aliphatic rings. The van der Waals surface area contributed by atoms with Crippen molar-refractivity contribution in [1.29, 1.82) is 0 Å². The summed E-state index contributed by atoms with van der Waals surface area (Å²) in [5, 5.41) is 6.96. The molecule has 1 saturated heterocycles. The van der Waals surface area contributed by atoms with Gasteiger partial charge in [0.2, 0.25) is 0 Å². The molecule has 1 aromatic carbocycles. The molecule has 0 amide bonds. The SMILES string of the molecule is CSc1ccc(CCNC2CCNC2)cc1. The van der Waals surface area contributed by atoms with Crippen molar-refractivity contribution in [2.45, 2.75) is 23.8 Å². The van der Waals surface area contributed by atoms with E-state index in [0.717, 1.165) is 19.5 Å². The Kier molecular flexibility index (Phi) is 4.69. The van der Waals surface area contributed by atoms with E-state index in [4.69, 9.17) is 0 Å². The van der Waals surface area contributed by atoms with Crippen LogP contribution in [-0.2, 0) is 6.42 Å². The molecule has 0 aliphatic carbocycles. The first-order valence-corrected chi connectivity index (χ1v) is 7.18. The van der Waals surface area contributed by atoms with Crippen LogP contribution in [0.4, 0.5) is 0 Å². The van der Waals surface area contributed by atoms with Gasteiger partial charge in [-0.15, -0.1) is 11.8 Å². The first kappa shape index (κ1) is 12.0. The molecule has 1 aliphatic heterocycles. The van der Waals surface area contributed by atoms with E-state index in [1.807, 2.05) is 0 Å². The molecule has 2 N–H and O–H groups in total. The van der Waals surface area contributed by atoms with E-state index < -0.39 is 0 Å². The monoisotopic (exact) mass is 236 g/mol. The first-order valence-electron chi connectivity index (χ1n) is 5.95. The second-order valence-electron chi connectivity index (χ2n) is 4.24. The van der Waals surface area contributed by atoms with E-state index in [0.29, 0.717) is 6.04 Å². The maximum Gasteiger partial charge on any atom is 0.0204 e. The smallest absolute Gasteiger partial charge is 0.0204 e. The topological polar surface area (TPSA) is 24.1 Å². The van der Waals surface area contributed by atoms with Crippen molar-refractivity contribution in [3.63, 3.8) is 0 Å². The van der Waals surface area contributed by atoms with Gasteiger partial charge in [-0.25, -0.2) is 0 Å². The summed E-state index contributed by atoms with van der Waals surface area (Å²) in [5.41, 5.74) is 1.43. The van der Waals surface area contributed by atoms with Gasteiger partial charge in [0.15, 0.2) is 0 Å². The van der Waals surface area contributed by atoms with Crippen LogP contribution in [0.3, 0.4) is 0 Å². The number of nitrogens with one attached hydrogen (secondary N) is 2. The average molecular weight is 236 g/mol. The normalized spacial score (nSPS) is 20.2. The van der Waals surface area contributed by atoms with Crippen molar-refractivity contribution >= 4 is 11.8 Å². The molecule has 0 radical (unpaired) electrons. The van der Waals surface area contributed by atoms with Gasteiger partial charge >= 0.3 is 0 Å². The molecule has 2 rings (SSSR count). The lowest BCUT2D eigenvalue weighted by molar-refractivity contribution is 0.550. The third kappa shape index (κ3) is 3.51. The summed E-state index contributed by atoms with van der Waals surface area (Å²) in [6, 6.07) is 9.57. The number of benzene rings is 1. The standard InChI is InChI=1S/C13H20N2S/c1-16-13-4-2-11(3-5-13)6-9-15-12-7-8-14-10-12/h2-5,12,14-15H,6-10H2,1H3. The molecule has 2 nitrogen and oxygen atoms in total. The maximum absolute atomic E-state index is 3.59. The zero-order valence-electron chi connectivity index (χ0n) is 9.83. The summed E-state index contributed by atoms with van der Waals surface area (Å²) in [5.74, 6) is 0. The zero-order chi connectivity index (χ0) is 11.2. The average Bonchev–Trinajstić information content (AvgIpc) is 2.83. The van der Waals surface area contributed by atoms with Crippen LogP contribution in [0.15, 0.2) is 29.2 Å². The fraction of sp³-hybridized carbons (Fsp3) is 0.538. The van der Waals surface area contributed by atoms with Gasteiger partial charge in [0.25, 0.3) is 0 Å². The second-order valence-corrected chi connectivity index (χ2v) is 5.12. The summed E-state index contributed by atoms with van der Waals surface area (Å²) < 4.78 is 0. The Morgan fingerprint density at radius 2 is 2.19 bits per heavy atom. The van der Waals surface area contributed by atoms with E-state index in [-0.39, 0.29) is 0 Å². The van der Waals surface area contributed by atoms with E-state index in [1.165, 1.54) is 23.4 Å². The van der Waals surface area contributed by atoms with Crippen LogP contribution < -0.4 is 10.6 Å². The summed E-state index contributed by atoms with van der Waals surface area (Å²) in [4.78, 5) is 1.34. The van der Waals surface area contributed by atoms with Gasteiger partial charge < -0.3 is 10.6 Å². The van der Waals surface area contributed by atoms with Crippen LogP contribution >= 0.6 is 11.8 Å². The molecule has 16 heavy (non-hydrogen) atoms. The lowest BCUT2D eigenvalue weighted by Crippen LogP contribution is -2.32. The van der Waals surface area contributed by atoms with Gasteiger partial charge in [-0.2, -0.15) is 0 Å². The van der Waals surface area contributed by atoms with Crippen molar-refractivity contribution in [1.82, 2.24) is 10.6 Å². The first-order chi connectivity index (χ1) is 7.88. The molecule has 1 unspecified atom stereocenters. The van der Waals surface area contributed by atoms with Crippen molar-refractivity contribution in [3.05, 3.63) is 29.8 Å². The number of hydrogen-bond acceptors (Lipinski definition) is 3. The highest BCUT2D eigenvalue weighted by atomic mass is 32.2. The van der Waals surface area contributed by atoms with Gasteiger partial charge in [-0.1, -0.05) is 12.1 Å². The quantitative estimate of drug-likeness (QED) is 0.764. The molecule has 88 valence electrons. The van der Waals surface area contributed by atoms with Crippen molar-refractivity contribution in [3.8, 4) is 0 Å².